The molecule has 27 heavy (non-hydrogen) atoms. The third-order valence-corrected chi connectivity index (χ3v) is 4.75. The fourth-order valence-electron chi connectivity index (χ4n) is 2.82. The van der Waals surface area contributed by atoms with Crippen molar-refractivity contribution in [3.63, 3.8) is 0 Å². The van der Waals surface area contributed by atoms with Crippen molar-refractivity contribution in [2.45, 2.75) is 33.1 Å². The number of rotatable bonds is 6. The van der Waals surface area contributed by atoms with Gasteiger partial charge in [-0.2, -0.15) is 0 Å². The minimum absolute atomic E-state index is 0.101. The van der Waals surface area contributed by atoms with Gasteiger partial charge < -0.3 is 15.4 Å². The van der Waals surface area contributed by atoms with E-state index in [0.717, 1.165) is 22.4 Å². The van der Waals surface area contributed by atoms with Gasteiger partial charge in [0.05, 0.1) is 29.8 Å². The van der Waals surface area contributed by atoms with E-state index in [1.54, 1.807) is 0 Å². The molecule has 0 aliphatic rings. The Balaban J connectivity index is 1.99. The number of hydrogen-bond donors (Lipinski definition) is 2. The lowest BCUT2D eigenvalue weighted by Gasteiger charge is -2.22. The van der Waals surface area contributed by atoms with Crippen LogP contribution in [0.3, 0.4) is 0 Å². The molecule has 6 heteroatoms. The first kappa shape index (κ1) is 20.8. The third-order valence-electron chi connectivity index (χ3n) is 4.45. The predicted molar refractivity (Wildman–Crippen MR) is 110 cm³/mol. The lowest BCUT2D eigenvalue weighted by Crippen LogP contribution is -2.30. The van der Waals surface area contributed by atoms with E-state index in [4.69, 9.17) is 16.3 Å². The summed E-state index contributed by atoms with van der Waals surface area (Å²) in [4.78, 5) is 24.1. The van der Waals surface area contributed by atoms with E-state index in [1.807, 2.05) is 64.1 Å². The van der Waals surface area contributed by atoms with Crippen LogP contribution in [-0.2, 0) is 19.7 Å². The van der Waals surface area contributed by atoms with Gasteiger partial charge in [0.25, 0.3) is 0 Å². The van der Waals surface area contributed by atoms with Gasteiger partial charge in [-0.3, -0.25) is 9.59 Å². The van der Waals surface area contributed by atoms with E-state index in [1.165, 1.54) is 7.11 Å². The monoisotopic (exact) mass is 388 g/mol. The summed E-state index contributed by atoms with van der Waals surface area (Å²) in [7, 11) is 1.38. The van der Waals surface area contributed by atoms with Crippen LogP contribution in [0.15, 0.2) is 36.4 Å². The van der Waals surface area contributed by atoms with E-state index in [0.29, 0.717) is 10.7 Å². The summed E-state index contributed by atoms with van der Waals surface area (Å²) in [5.41, 5.74) is 3.48. The maximum Gasteiger partial charge on any atom is 0.315 e. The highest BCUT2D eigenvalue weighted by Gasteiger charge is 2.30. The normalized spacial score (nSPS) is 11.0. The van der Waals surface area contributed by atoms with Crippen molar-refractivity contribution < 1.29 is 14.3 Å². The zero-order valence-electron chi connectivity index (χ0n) is 16.3. The average Bonchev–Trinajstić information content (AvgIpc) is 2.62. The molecule has 0 saturated carbocycles. The summed E-state index contributed by atoms with van der Waals surface area (Å²) >= 11 is 6.22. The molecular formula is C21H25ClN2O3. The van der Waals surface area contributed by atoms with Crippen LogP contribution in [0.2, 0.25) is 5.02 Å². The van der Waals surface area contributed by atoms with Crippen LogP contribution < -0.4 is 10.6 Å². The molecule has 0 spiro atoms. The summed E-state index contributed by atoms with van der Waals surface area (Å²) < 4.78 is 4.84. The maximum absolute atomic E-state index is 12.2. The summed E-state index contributed by atoms with van der Waals surface area (Å²) in [6, 6.07) is 11.1. The lowest BCUT2D eigenvalue weighted by molar-refractivity contribution is -0.146. The fourth-order valence-corrected chi connectivity index (χ4v) is 3.19. The van der Waals surface area contributed by atoms with Crippen molar-refractivity contribution in [3.05, 3.63) is 58.1 Å². The van der Waals surface area contributed by atoms with Gasteiger partial charge in [0.15, 0.2) is 0 Å². The molecule has 0 atom stereocenters. The fraction of sp³-hybridized carbons (Fsp3) is 0.333. The minimum Gasteiger partial charge on any atom is -0.468 e. The standard InChI is InChI=1S/C21H25ClN2O3/c1-13-10-14(2)19(17(22)11-13)24-18(25)12-23-16-8-6-15(7-9-16)21(3,4)20(26)27-5/h6-11,23H,12H2,1-5H3,(H,24,25). The number of esters is 1. The zero-order chi connectivity index (χ0) is 20.2. The van der Waals surface area contributed by atoms with Gasteiger partial charge in [-0.15, -0.1) is 0 Å². The quantitative estimate of drug-likeness (QED) is 0.717. The molecule has 1 amide bonds. The van der Waals surface area contributed by atoms with Crippen molar-refractivity contribution in [2.24, 2.45) is 0 Å². The molecule has 5 nitrogen and oxygen atoms in total. The number of methoxy groups -OCH3 is 1. The second-order valence-electron chi connectivity index (χ2n) is 7.03. The predicted octanol–water partition coefficient (Wildman–Crippen LogP) is 4.46. The van der Waals surface area contributed by atoms with Gasteiger partial charge in [-0.05, 0) is 62.6 Å². The SMILES string of the molecule is COC(=O)C(C)(C)c1ccc(NCC(=O)Nc2c(C)cc(C)cc2Cl)cc1. The number of carbonyl (C=O) groups is 2. The van der Waals surface area contributed by atoms with Crippen LogP contribution in [0, 0.1) is 13.8 Å². The molecule has 0 aliphatic carbocycles. The molecule has 0 fully saturated rings. The van der Waals surface area contributed by atoms with Gasteiger partial charge >= 0.3 is 5.97 Å². The molecular weight excluding hydrogens is 364 g/mol. The van der Waals surface area contributed by atoms with Crippen LogP contribution >= 0.6 is 11.6 Å². The van der Waals surface area contributed by atoms with E-state index < -0.39 is 5.41 Å². The Bertz CT molecular complexity index is 822. The van der Waals surface area contributed by atoms with Crippen molar-refractivity contribution in [3.8, 4) is 0 Å². The molecule has 0 bridgehead atoms. The first-order valence-corrected chi connectivity index (χ1v) is 9.02. The number of nitrogens with one attached hydrogen (secondary N) is 2. The summed E-state index contributed by atoms with van der Waals surface area (Å²) in [6.07, 6.45) is 0. The number of benzene rings is 2. The largest absolute Gasteiger partial charge is 0.468 e. The van der Waals surface area contributed by atoms with Gasteiger partial charge in [0.1, 0.15) is 0 Å². The number of ether oxygens (including phenoxy) is 1. The molecule has 2 aromatic rings. The van der Waals surface area contributed by atoms with Crippen molar-refractivity contribution in [1.82, 2.24) is 0 Å². The molecule has 0 radical (unpaired) electrons. The summed E-state index contributed by atoms with van der Waals surface area (Å²) in [5.74, 6) is -0.490. The topological polar surface area (TPSA) is 67.4 Å². The van der Waals surface area contributed by atoms with Gasteiger partial charge in [-0.25, -0.2) is 0 Å². The highest BCUT2D eigenvalue weighted by molar-refractivity contribution is 6.34. The highest BCUT2D eigenvalue weighted by Crippen LogP contribution is 2.28. The Labute approximate surface area is 165 Å². The maximum atomic E-state index is 12.2. The molecule has 0 heterocycles. The molecule has 2 rings (SSSR count). The van der Waals surface area contributed by atoms with Crippen molar-refractivity contribution in [1.29, 1.82) is 0 Å². The number of aryl methyl sites for hydroxylation is 2. The molecule has 2 N–H and O–H groups in total. The number of anilines is 2. The first-order chi connectivity index (χ1) is 12.6. The molecule has 0 aromatic heterocycles. The van der Waals surface area contributed by atoms with Crippen LogP contribution in [0.25, 0.3) is 0 Å². The van der Waals surface area contributed by atoms with Crippen LogP contribution in [0.4, 0.5) is 11.4 Å². The van der Waals surface area contributed by atoms with E-state index >= 15 is 0 Å². The van der Waals surface area contributed by atoms with E-state index in [9.17, 15) is 9.59 Å². The van der Waals surface area contributed by atoms with E-state index in [2.05, 4.69) is 10.6 Å². The Hall–Kier alpha value is -2.53. The van der Waals surface area contributed by atoms with Crippen LogP contribution in [0.1, 0.15) is 30.5 Å². The number of carbonyl (C=O) groups excluding carboxylic acids is 2. The Kier molecular flexibility index (Phi) is 6.50. The molecule has 0 saturated heterocycles. The molecule has 2 aromatic carbocycles. The zero-order valence-corrected chi connectivity index (χ0v) is 17.0. The van der Waals surface area contributed by atoms with Gasteiger partial charge in [0, 0.05) is 5.69 Å². The summed E-state index contributed by atoms with van der Waals surface area (Å²) in [5, 5.41) is 6.43. The molecule has 144 valence electrons. The third kappa shape index (κ3) is 5.01. The van der Waals surface area contributed by atoms with Crippen LogP contribution in [-0.4, -0.2) is 25.5 Å². The van der Waals surface area contributed by atoms with Crippen molar-refractivity contribution in [2.75, 3.05) is 24.3 Å². The van der Waals surface area contributed by atoms with E-state index in [-0.39, 0.29) is 18.4 Å². The highest BCUT2D eigenvalue weighted by atomic mass is 35.5. The number of hydrogen-bond acceptors (Lipinski definition) is 4. The second kappa shape index (κ2) is 8.44. The van der Waals surface area contributed by atoms with Crippen LogP contribution in [0.5, 0.6) is 0 Å². The Morgan fingerprint density at radius 2 is 1.74 bits per heavy atom. The number of amides is 1. The Morgan fingerprint density at radius 3 is 2.30 bits per heavy atom. The number of halogens is 1. The molecule has 0 unspecified atom stereocenters. The van der Waals surface area contributed by atoms with Gasteiger partial charge in [0.2, 0.25) is 5.91 Å². The molecule has 0 aliphatic heterocycles. The van der Waals surface area contributed by atoms with Crippen molar-refractivity contribution >= 4 is 34.9 Å². The summed E-state index contributed by atoms with van der Waals surface area (Å²) in [6.45, 7) is 7.58. The minimum atomic E-state index is -0.732. The average molecular weight is 389 g/mol. The first-order valence-electron chi connectivity index (χ1n) is 8.64. The second-order valence-corrected chi connectivity index (χ2v) is 7.44. The lowest BCUT2D eigenvalue weighted by atomic mass is 9.85. The van der Waals surface area contributed by atoms with Gasteiger partial charge in [-0.1, -0.05) is 29.8 Å². The Morgan fingerprint density at radius 1 is 1.11 bits per heavy atom. The smallest absolute Gasteiger partial charge is 0.315 e.